The van der Waals surface area contributed by atoms with Crippen LogP contribution < -0.4 is 9.47 Å². The van der Waals surface area contributed by atoms with Crippen molar-refractivity contribution in [2.45, 2.75) is 51.9 Å². The molecule has 0 saturated heterocycles. The number of hydrogen-bond acceptors (Lipinski definition) is 4. The number of carbonyl (C=O) groups excluding carboxylic acids is 1. The summed E-state index contributed by atoms with van der Waals surface area (Å²) in [7, 11) is 2.93. The Kier molecular flexibility index (Phi) is 9.12. The topological polar surface area (TPSA) is 44.8 Å². The highest BCUT2D eigenvalue weighted by Gasteiger charge is 2.11. The molecule has 0 aromatic heterocycles. The van der Waals surface area contributed by atoms with E-state index in [0.29, 0.717) is 23.7 Å². The summed E-state index contributed by atoms with van der Waals surface area (Å²) in [5.74, 6) is 0.851. The van der Waals surface area contributed by atoms with Crippen molar-refractivity contribution in [3.05, 3.63) is 23.8 Å². The number of methoxy groups -OCH3 is 2. The molecule has 0 aliphatic heterocycles. The van der Waals surface area contributed by atoms with Gasteiger partial charge in [-0.05, 0) is 24.6 Å². The minimum Gasteiger partial charge on any atom is -0.493 e. The van der Waals surface area contributed by atoms with Gasteiger partial charge in [-0.3, -0.25) is 0 Å². The van der Waals surface area contributed by atoms with Crippen LogP contribution in [0.3, 0.4) is 0 Å². The van der Waals surface area contributed by atoms with Crippen LogP contribution in [0.5, 0.6) is 11.5 Å². The summed E-state index contributed by atoms with van der Waals surface area (Å²) in [6.45, 7) is 2.90. The first-order chi connectivity index (χ1) is 10.7. The number of unbranched alkanes of at least 4 members (excludes halogenated alkanes) is 6. The van der Waals surface area contributed by atoms with Crippen LogP contribution in [0.2, 0.25) is 0 Å². The Bertz CT molecular complexity index is 443. The SMILES string of the molecule is CCCCCCCCCOc1ccc(C(=O)OC)cc1OC. The highest BCUT2D eigenvalue weighted by atomic mass is 16.5. The Hall–Kier alpha value is -1.71. The van der Waals surface area contributed by atoms with E-state index >= 15 is 0 Å². The Morgan fingerprint density at radius 2 is 1.64 bits per heavy atom. The highest BCUT2D eigenvalue weighted by Crippen LogP contribution is 2.28. The number of hydrogen-bond donors (Lipinski definition) is 0. The van der Waals surface area contributed by atoms with E-state index in [0.717, 1.165) is 6.42 Å². The minimum absolute atomic E-state index is 0.378. The minimum atomic E-state index is -0.378. The zero-order valence-corrected chi connectivity index (χ0v) is 14.0. The van der Waals surface area contributed by atoms with Gasteiger partial charge < -0.3 is 14.2 Å². The molecule has 0 unspecified atom stereocenters. The molecule has 4 nitrogen and oxygen atoms in total. The molecule has 0 amide bonds. The van der Waals surface area contributed by atoms with Crippen LogP contribution in [-0.4, -0.2) is 26.8 Å². The van der Waals surface area contributed by atoms with E-state index in [1.807, 2.05) is 0 Å². The molecule has 0 saturated carbocycles. The van der Waals surface area contributed by atoms with Crippen molar-refractivity contribution < 1.29 is 19.0 Å². The number of esters is 1. The Labute approximate surface area is 133 Å². The second-order valence-corrected chi connectivity index (χ2v) is 5.33. The Balaban J connectivity index is 2.34. The van der Waals surface area contributed by atoms with Gasteiger partial charge in [-0.2, -0.15) is 0 Å². The second kappa shape index (κ2) is 10.9. The van der Waals surface area contributed by atoms with Crippen LogP contribution in [0.25, 0.3) is 0 Å². The molecule has 0 aliphatic rings. The fourth-order valence-electron chi connectivity index (χ4n) is 2.27. The third-order valence-electron chi connectivity index (χ3n) is 3.59. The fraction of sp³-hybridized carbons (Fsp3) is 0.611. The molecule has 0 bridgehead atoms. The summed E-state index contributed by atoms with van der Waals surface area (Å²) in [5.41, 5.74) is 0.461. The van der Waals surface area contributed by atoms with E-state index in [2.05, 4.69) is 6.92 Å². The maximum Gasteiger partial charge on any atom is 0.337 e. The molecule has 0 N–H and O–H groups in total. The molecule has 0 spiro atoms. The van der Waals surface area contributed by atoms with Gasteiger partial charge in [-0.15, -0.1) is 0 Å². The molecule has 22 heavy (non-hydrogen) atoms. The smallest absolute Gasteiger partial charge is 0.337 e. The van der Waals surface area contributed by atoms with Crippen molar-refractivity contribution in [2.24, 2.45) is 0 Å². The molecule has 1 aromatic rings. The zero-order chi connectivity index (χ0) is 16.2. The van der Waals surface area contributed by atoms with Gasteiger partial charge in [-0.25, -0.2) is 4.79 Å². The van der Waals surface area contributed by atoms with E-state index in [4.69, 9.17) is 14.2 Å². The van der Waals surface area contributed by atoms with Crippen molar-refractivity contribution >= 4 is 5.97 Å². The van der Waals surface area contributed by atoms with Gasteiger partial charge in [0.05, 0.1) is 26.4 Å². The van der Waals surface area contributed by atoms with Crippen LogP contribution in [0, 0.1) is 0 Å². The van der Waals surface area contributed by atoms with Gasteiger partial charge in [0.15, 0.2) is 11.5 Å². The van der Waals surface area contributed by atoms with Crippen molar-refractivity contribution in [1.29, 1.82) is 0 Å². The highest BCUT2D eigenvalue weighted by molar-refractivity contribution is 5.90. The third kappa shape index (κ3) is 6.37. The van der Waals surface area contributed by atoms with Crippen molar-refractivity contribution in [2.75, 3.05) is 20.8 Å². The third-order valence-corrected chi connectivity index (χ3v) is 3.59. The fourth-order valence-corrected chi connectivity index (χ4v) is 2.27. The molecule has 1 rings (SSSR count). The van der Waals surface area contributed by atoms with Gasteiger partial charge in [-0.1, -0.05) is 45.4 Å². The maximum absolute atomic E-state index is 11.5. The summed E-state index contributed by atoms with van der Waals surface area (Å²) in [6.07, 6.45) is 8.75. The largest absolute Gasteiger partial charge is 0.493 e. The molecule has 124 valence electrons. The molecule has 0 radical (unpaired) electrons. The summed E-state index contributed by atoms with van der Waals surface area (Å²) in [5, 5.41) is 0. The van der Waals surface area contributed by atoms with Gasteiger partial charge >= 0.3 is 5.97 Å². The molecule has 1 aromatic carbocycles. The molecular formula is C18H28O4. The lowest BCUT2D eigenvalue weighted by Gasteiger charge is -2.11. The first-order valence-corrected chi connectivity index (χ1v) is 8.12. The standard InChI is InChI=1S/C18H28O4/c1-4-5-6-7-8-9-10-13-22-16-12-11-15(18(19)21-3)14-17(16)20-2/h11-12,14H,4-10,13H2,1-3H3. The van der Waals surface area contributed by atoms with Gasteiger partial charge in [0.25, 0.3) is 0 Å². The average Bonchev–Trinajstić information content (AvgIpc) is 2.56. The lowest BCUT2D eigenvalue weighted by Crippen LogP contribution is -2.04. The molecule has 0 atom stereocenters. The Morgan fingerprint density at radius 3 is 2.27 bits per heavy atom. The first-order valence-electron chi connectivity index (χ1n) is 8.12. The predicted octanol–water partition coefficient (Wildman–Crippen LogP) is 4.61. The lowest BCUT2D eigenvalue weighted by molar-refractivity contribution is 0.0600. The maximum atomic E-state index is 11.5. The number of benzene rings is 1. The van der Waals surface area contributed by atoms with Crippen LogP contribution in [-0.2, 0) is 4.74 Å². The van der Waals surface area contributed by atoms with Crippen LogP contribution in [0.1, 0.15) is 62.2 Å². The first kappa shape index (κ1) is 18.3. The van der Waals surface area contributed by atoms with Crippen molar-refractivity contribution in [3.63, 3.8) is 0 Å². The normalized spacial score (nSPS) is 10.3. The number of ether oxygens (including phenoxy) is 3. The monoisotopic (exact) mass is 308 g/mol. The summed E-state index contributed by atoms with van der Waals surface area (Å²) in [4.78, 5) is 11.5. The van der Waals surface area contributed by atoms with E-state index in [1.54, 1.807) is 25.3 Å². The van der Waals surface area contributed by atoms with Crippen molar-refractivity contribution in [3.8, 4) is 11.5 Å². The van der Waals surface area contributed by atoms with Crippen LogP contribution in [0.4, 0.5) is 0 Å². The van der Waals surface area contributed by atoms with Gasteiger partial charge in [0, 0.05) is 0 Å². The molecular weight excluding hydrogens is 280 g/mol. The van der Waals surface area contributed by atoms with E-state index < -0.39 is 0 Å². The summed E-state index contributed by atoms with van der Waals surface area (Å²) < 4.78 is 15.7. The second-order valence-electron chi connectivity index (χ2n) is 5.33. The number of rotatable bonds is 11. The quantitative estimate of drug-likeness (QED) is 0.442. The molecule has 0 fully saturated rings. The van der Waals surface area contributed by atoms with E-state index in [9.17, 15) is 4.79 Å². The molecule has 0 aliphatic carbocycles. The van der Waals surface area contributed by atoms with E-state index in [-0.39, 0.29) is 5.97 Å². The number of carbonyl (C=O) groups is 1. The summed E-state index contributed by atoms with van der Waals surface area (Å²) in [6, 6.07) is 5.09. The lowest BCUT2D eigenvalue weighted by atomic mass is 10.1. The average molecular weight is 308 g/mol. The molecule has 0 heterocycles. The molecule has 4 heteroatoms. The zero-order valence-electron chi connectivity index (χ0n) is 14.0. The Morgan fingerprint density at radius 1 is 0.955 bits per heavy atom. The predicted molar refractivity (Wildman–Crippen MR) is 87.8 cm³/mol. The summed E-state index contributed by atoms with van der Waals surface area (Å²) >= 11 is 0. The van der Waals surface area contributed by atoms with Crippen molar-refractivity contribution in [1.82, 2.24) is 0 Å². The van der Waals surface area contributed by atoms with Gasteiger partial charge in [0.1, 0.15) is 0 Å². The van der Waals surface area contributed by atoms with E-state index in [1.165, 1.54) is 45.6 Å². The van der Waals surface area contributed by atoms with Gasteiger partial charge in [0.2, 0.25) is 0 Å². The van der Waals surface area contributed by atoms with Crippen LogP contribution >= 0.6 is 0 Å². The van der Waals surface area contributed by atoms with Crippen LogP contribution in [0.15, 0.2) is 18.2 Å².